The molecule has 4 fully saturated rings. The van der Waals surface area contributed by atoms with E-state index >= 15 is 0 Å². The number of carbonyl (C=O) groups excluding carboxylic acids is 10. The van der Waals surface area contributed by atoms with Crippen molar-refractivity contribution in [3.63, 3.8) is 0 Å². The molecular formula is C65H126N8O20. The van der Waals surface area contributed by atoms with Crippen molar-refractivity contribution in [1.82, 2.24) is 40.0 Å². The van der Waals surface area contributed by atoms with Gasteiger partial charge < -0.3 is 87.4 Å². The normalized spacial score (nSPS) is 15.3. The Bertz CT molecular complexity index is 2000. The Morgan fingerprint density at radius 1 is 0.215 bits per heavy atom. The molecule has 0 atom stereocenters. The van der Waals surface area contributed by atoms with E-state index in [0.29, 0.717) is 111 Å². The first-order chi connectivity index (χ1) is 41.8. The number of carbonyl (C=O) groups is 10. The third-order valence-electron chi connectivity index (χ3n) is 14.8. The van der Waals surface area contributed by atoms with Gasteiger partial charge in [0.25, 0.3) is 0 Å². The predicted molar refractivity (Wildman–Crippen MR) is 355 cm³/mol. The highest BCUT2D eigenvalue weighted by molar-refractivity contribution is 5.80. The van der Waals surface area contributed by atoms with Crippen LogP contribution in [0.2, 0.25) is 0 Å². The molecule has 0 aromatic heterocycles. The SMILES string of the molecule is C.C.C.C.C.C.C.O=C(CCN1CCNCC1)OCCCCCCCCOC(=O)CCN1CCN(CCC(=O)OCC(=O)OCC(=O)OCCOC(=O)COC(=O)COC(=O)CCN2CCN(CCC(=O)OCCCCCCOC(=O)CCN3CCNCC3)CC2)CC1. The molecule has 4 aliphatic heterocycles. The van der Waals surface area contributed by atoms with Crippen LogP contribution in [0.3, 0.4) is 0 Å². The Kier molecular flexibility index (Phi) is 60.6. The van der Waals surface area contributed by atoms with Gasteiger partial charge >= 0.3 is 59.7 Å². The maximum Gasteiger partial charge on any atom is 0.344 e. The maximum absolute atomic E-state index is 12.3. The first-order valence-electron chi connectivity index (χ1n) is 31.1. The molecule has 93 heavy (non-hydrogen) atoms. The zero-order chi connectivity index (χ0) is 61.7. The molecule has 28 nitrogen and oxygen atoms in total. The Hall–Kier alpha value is -5.62. The molecule has 0 unspecified atom stereocenters. The minimum atomic E-state index is -0.965. The fourth-order valence-corrected chi connectivity index (χ4v) is 9.52. The highest BCUT2D eigenvalue weighted by Gasteiger charge is 2.22. The van der Waals surface area contributed by atoms with Crippen molar-refractivity contribution in [2.45, 2.75) is 155 Å². The number of hydrogen-bond acceptors (Lipinski definition) is 28. The number of unbranched alkanes of at least 4 members (excludes halogenated alkanes) is 8. The molecular weight excluding hydrogens is 1210 g/mol. The molecule has 4 rings (SSSR count). The van der Waals surface area contributed by atoms with Crippen LogP contribution in [0, 0.1) is 0 Å². The molecule has 0 saturated carbocycles. The summed E-state index contributed by atoms with van der Waals surface area (Å²) in [6.45, 7) is 14.7. The monoisotopic (exact) mass is 1340 g/mol. The third kappa shape index (κ3) is 49.6. The van der Waals surface area contributed by atoms with E-state index in [0.717, 1.165) is 143 Å². The van der Waals surface area contributed by atoms with Crippen molar-refractivity contribution in [3.8, 4) is 0 Å². The van der Waals surface area contributed by atoms with Crippen molar-refractivity contribution >= 4 is 59.7 Å². The van der Waals surface area contributed by atoms with E-state index < -0.39 is 62.2 Å². The second-order valence-electron chi connectivity index (χ2n) is 21.6. The van der Waals surface area contributed by atoms with Gasteiger partial charge in [-0.15, -0.1) is 0 Å². The fourth-order valence-electron chi connectivity index (χ4n) is 9.52. The molecule has 0 amide bonds. The molecule has 4 aliphatic rings. The van der Waals surface area contributed by atoms with Gasteiger partial charge in [-0.3, -0.25) is 28.8 Å². The van der Waals surface area contributed by atoms with Crippen LogP contribution >= 0.6 is 0 Å². The van der Waals surface area contributed by atoms with Gasteiger partial charge in [-0.25, -0.2) is 19.2 Å². The summed E-state index contributed by atoms with van der Waals surface area (Å²) in [5.41, 5.74) is 0. The van der Waals surface area contributed by atoms with Gasteiger partial charge in [-0.1, -0.05) is 77.7 Å². The van der Waals surface area contributed by atoms with E-state index in [9.17, 15) is 47.9 Å². The van der Waals surface area contributed by atoms with E-state index in [1.54, 1.807) is 0 Å². The minimum absolute atomic E-state index is 0. The van der Waals surface area contributed by atoms with Crippen molar-refractivity contribution in [1.29, 1.82) is 0 Å². The molecule has 0 spiro atoms. The van der Waals surface area contributed by atoms with Crippen LogP contribution in [-0.4, -0.2) is 299 Å². The van der Waals surface area contributed by atoms with E-state index in [1.807, 2.05) is 0 Å². The molecule has 0 aliphatic carbocycles. The lowest BCUT2D eigenvalue weighted by Crippen LogP contribution is -2.47. The number of ether oxygens (including phenoxy) is 10. The second kappa shape index (κ2) is 60.1. The Balaban J connectivity index is -0.00000566. The summed E-state index contributed by atoms with van der Waals surface area (Å²) in [5.74, 6) is -5.82. The predicted octanol–water partition coefficient (Wildman–Crippen LogP) is 4.16. The van der Waals surface area contributed by atoms with Gasteiger partial charge in [0.2, 0.25) is 0 Å². The molecule has 2 N–H and O–H groups in total. The van der Waals surface area contributed by atoms with Gasteiger partial charge in [0, 0.05) is 144 Å². The molecule has 0 aromatic carbocycles. The lowest BCUT2D eigenvalue weighted by molar-refractivity contribution is -0.168. The average molecular weight is 1340 g/mol. The maximum atomic E-state index is 12.3. The molecule has 0 radical (unpaired) electrons. The van der Waals surface area contributed by atoms with E-state index in [1.165, 1.54) is 0 Å². The summed E-state index contributed by atoms with van der Waals surface area (Å²) < 4.78 is 50.7. The zero-order valence-corrected chi connectivity index (χ0v) is 50.8. The summed E-state index contributed by atoms with van der Waals surface area (Å²) >= 11 is 0. The smallest absolute Gasteiger partial charge is 0.344 e. The quantitative estimate of drug-likeness (QED) is 0.0491. The molecule has 4 heterocycles. The fraction of sp³-hybridized carbons (Fsp3) is 0.846. The van der Waals surface area contributed by atoms with E-state index in [4.69, 9.17) is 47.4 Å². The summed E-state index contributed by atoms with van der Waals surface area (Å²) in [7, 11) is 0. The summed E-state index contributed by atoms with van der Waals surface area (Å²) in [5, 5.41) is 6.59. The number of esters is 10. The summed E-state index contributed by atoms with van der Waals surface area (Å²) in [6, 6.07) is 0. The lowest BCUT2D eigenvalue weighted by atomic mass is 10.1. The van der Waals surface area contributed by atoms with Gasteiger partial charge in [0.05, 0.1) is 65.0 Å². The standard InChI is InChI=1S/C58H98N8O20.7CH4/c67-49(11-21-61-27-17-59-18-28-61)77-39-7-3-1-2-4-8-40-78-51(69)13-23-63-31-35-65(36-32-63)25-15-53(71)83-47-57(75)85-45-55(73)81-43-44-82-56(74)46-86-58(76)48-84-54(72)16-26-66-37-33-64(34-38-66)24-14-52(70)80-42-10-6-5-9-41-79-50(68)12-22-62-29-19-60-20-30-62;;;;;;;/h59-60H,1-48H2;7*1H4. The first-order valence-corrected chi connectivity index (χ1v) is 31.1. The highest BCUT2D eigenvalue weighted by Crippen LogP contribution is 2.10. The van der Waals surface area contributed by atoms with Crippen molar-refractivity contribution < 1.29 is 95.3 Å². The lowest BCUT2D eigenvalue weighted by Gasteiger charge is -2.34. The van der Waals surface area contributed by atoms with Crippen LogP contribution < -0.4 is 10.6 Å². The zero-order valence-electron chi connectivity index (χ0n) is 50.8. The topological polar surface area (TPSA) is 306 Å². The number of piperazine rings is 4. The van der Waals surface area contributed by atoms with E-state index in [-0.39, 0.29) is 108 Å². The largest absolute Gasteiger partial charge is 0.466 e. The average Bonchev–Trinajstić information content (AvgIpc) is 2.56. The molecule has 28 heteroatoms. The Morgan fingerprint density at radius 3 is 0.624 bits per heavy atom. The van der Waals surface area contributed by atoms with E-state index in [2.05, 4.69) is 40.0 Å². The molecule has 0 bridgehead atoms. The van der Waals surface area contributed by atoms with Crippen molar-refractivity contribution in [3.05, 3.63) is 0 Å². The second-order valence-corrected chi connectivity index (χ2v) is 21.6. The highest BCUT2D eigenvalue weighted by atomic mass is 16.6. The Labute approximate surface area is 558 Å². The molecule has 0 aromatic rings. The number of hydrogen-bond donors (Lipinski definition) is 2. The van der Waals surface area contributed by atoms with Crippen molar-refractivity contribution in [2.24, 2.45) is 0 Å². The van der Waals surface area contributed by atoms with Crippen LogP contribution in [0.15, 0.2) is 0 Å². The number of rotatable bonds is 45. The molecule has 546 valence electrons. The summed E-state index contributed by atoms with van der Waals surface area (Å²) in [4.78, 5) is 134. The Morgan fingerprint density at radius 2 is 0.387 bits per heavy atom. The van der Waals surface area contributed by atoms with Crippen LogP contribution in [-0.2, 0) is 95.3 Å². The van der Waals surface area contributed by atoms with Gasteiger partial charge in [-0.2, -0.15) is 0 Å². The van der Waals surface area contributed by atoms with Crippen LogP contribution in [0.5, 0.6) is 0 Å². The van der Waals surface area contributed by atoms with Gasteiger partial charge in [-0.05, 0) is 38.5 Å². The van der Waals surface area contributed by atoms with Crippen LogP contribution in [0.4, 0.5) is 0 Å². The molecule has 4 saturated heterocycles. The minimum Gasteiger partial charge on any atom is -0.466 e. The van der Waals surface area contributed by atoms with Crippen LogP contribution in [0.1, 0.15) is 155 Å². The summed E-state index contributed by atoms with van der Waals surface area (Å²) in [6.07, 6.45) is 10.5. The van der Waals surface area contributed by atoms with Crippen LogP contribution in [0.25, 0.3) is 0 Å². The van der Waals surface area contributed by atoms with Crippen molar-refractivity contribution in [2.75, 3.05) is 210 Å². The first kappa shape index (κ1) is 93.8. The van der Waals surface area contributed by atoms with Gasteiger partial charge in [0.15, 0.2) is 26.4 Å². The van der Waals surface area contributed by atoms with Gasteiger partial charge in [0.1, 0.15) is 13.2 Å². The number of nitrogens with zero attached hydrogens (tertiary/aromatic N) is 6. The third-order valence-corrected chi connectivity index (χ3v) is 14.8. The number of nitrogens with one attached hydrogen (secondary N) is 2.